The zero-order valence-electron chi connectivity index (χ0n) is 11.3. The number of nitrogens with one attached hydrogen (secondary N) is 1. The van der Waals surface area contributed by atoms with Crippen LogP contribution in [0.2, 0.25) is 0 Å². The quantitative estimate of drug-likeness (QED) is 0.863. The predicted molar refractivity (Wildman–Crippen MR) is 67.1 cm³/mol. The highest BCUT2D eigenvalue weighted by atomic mass is 19.4. The van der Waals surface area contributed by atoms with Crippen molar-refractivity contribution in [2.75, 3.05) is 6.54 Å². The average Bonchev–Trinajstić information content (AvgIpc) is 2.35. The number of hydrogen-bond donors (Lipinski definition) is 1. The zero-order chi connectivity index (χ0) is 14.5. The lowest BCUT2D eigenvalue weighted by Gasteiger charge is -2.18. The summed E-state index contributed by atoms with van der Waals surface area (Å²) >= 11 is 0. The Labute approximate surface area is 111 Å². The summed E-state index contributed by atoms with van der Waals surface area (Å²) < 4.78 is 41.7. The Morgan fingerprint density at radius 3 is 2.47 bits per heavy atom. The van der Waals surface area contributed by atoms with Crippen molar-refractivity contribution < 1.29 is 17.9 Å². The third kappa shape index (κ3) is 5.06. The van der Waals surface area contributed by atoms with Crippen molar-refractivity contribution in [2.45, 2.75) is 45.5 Å². The van der Waals surface area contributed by atoms with Crippen molar-refractivity contribution in [3.63, 3.8) is 0 Å². The van der Waals surface area contributed by atoms with Crippen LogP contribution in [-0.2, 0) is 0 Å². The second-order valence-electron chi connectivity index (χ2n) is 4.41. The minimum absolute atomic E-state index is 0.0173. The number of ether oxygens (including phenoxy) is 1. The topological polar surface area (TPSA) is 34.1 Å². The second-order valence-corrected chi connectivity index (χ2v) is 4.41. The van der Waals surface area contributed by atoms with E-state index >= 15 is 0 Å². The van der Waals surface area contributed by atoms with E-state index < -0.39 is 12.3 Å². The molecular weight excluding hydrogens is 257 g/mol. The molecule has 0 aliphatic carbocycles. The van der Waals surface area contributed by atoms with E-state index in [1.165, 1.54) is 12.3 Å². The van der Waals surface area contributed by atoms with Gasteiger partial charge in [-0.15, -0.1) is 0 Å². The second kappa shape index (κ2) is 6.75. The zero-order valence-corrected chi connectivity index (χ0v) is 11.3. The molecule has 6 heteroatoms. The van der Waals surface area contributed by atoms with Crippen LogP contribution in [0.3, 0.4) is 0 Å². The van der Waals surface area contributed by atoms with E-state index in [0.717, 1.165) is 25.5 Å². The van der Waals surface area contributed by atoms with Gasteiger partial charge in [-0.1, -0.05) is 13.0 Å². The van der Waals surface area contributed by atoms with Crippen LogP contribution in [0, 0.1) is 0 Å². The van der Waals surface area contributed by atoms with Crippen molar-refractivity contribution in [3.8, 4) is 5.88 Å². The molecule has 0 bridgehead atoms. The molecule has 3 nitrogen and oxygen atoms in total. The van der Waals surface area contributed by atoms with Gasteiger partial charge < -0.3 is 10.1 Å². The highest BCUT2D eigenvalue weighted by molar-refractivity contribution is 5.20. The van der Waals surface area contributed by atoms with Crippen molar-refractivity contribution in [3.05, 3.63) is 23.9 Å². The molecular formula is C13H19F3N2O. The van der Waals surface area contributed by atoms with Gasteiger partial charge in [-0.25, -0.2) is 4.98 Å². The van der Waals surface area contributed by atoms with Crippen molar-refractivity contribution in [2.24, 2.45) is 0 Å². The molecule has 0 radical (unpaired) electrons. The first kappa shape index (κ1) is 15.8. The molecule has 0 aromatic carbocycles. The molecule has 0 aliphatic heterocycles. The van der Waals surface area contributed by atoms with Gasteiger partial charge in [0, 0.05) is 18.3 Å². The molecule has 0 saturated heterocycles. The number of halogens is 3. The highest BCUT2D eigenvalue weighted by Gasteiger charge is 2.38. The smallest absolute Gasteiger partial charge is 0.425 e. The first-order valence-electron chi connectivity index (χ1n) is 6.27. The van der Waals surface area contributed by atoms with Crippen molar-refractivity contribution >= 4 is 0 Å². The summed E-state index contributed by atoms with van der Waals surface area (Å²) in [5, 5.41) is 3.27. The SMILES string of the molecule is CCCNC(C)c1ccc(OC(C)C(F)(F)F)nc1. The Balaban J connectivity index is 2.61. The fourth-order valence-electron chi connectivity index (χ4n) is 1.44. The number of pyridine rings is 1. The van der Waals surface area contributed by atoms with Gasteiger partial charge in [0.15, 0.2) is 6.10 Å². The van der Waals surface area contributed by atoms with Crippen LogP contribution in [0.1, 0.15) is 38.8 Å². The maximum Gasteiger partial charge on any atom is 0.425 e. The summed E-state index contributed by atoms with van der Waals surface area (Å²) in [5.41, 5.74) is 0.917. The normalized spacial score (nSPS) is 15.1. The number of hydrogen-bond acceptors (Lipinski definition) is 3. The summed E-state index contributed by atoms with van der Waals surface area (Å²) in [6, 6.07) is 3.29. The Morgan fingerprint density at radius 1 is 1.32 bits per heavy atom. The highest BCUT2D eigenvalue weighted by Crippen LogP contribution is 2.24. The van der Waals surface area contributed by atoms with Crippen molar-refractivity contribution in [1.29, 1.82) is 0 Å². The Bertz CT molecular complexity index is 378. The summed E-state index contributed by atoms with van der Waals surface area (Å²) in [7, 11) is 0. The van der Waals surface area contributed by atoms with E-state index in [1.54, 1.807) is 6.07 Å². The molecule has 1 heterocycles. The van der Waals surface area contributed by atoms with Crippen LogP contribution in [-0.4, -0.2) is 23.8 Å². The lowest BCUT2D eigenvalue weighted by Crippen LogP contribution is -2.31. The van der Waals surface area contributed by atoms with Crippen molar-refractivity contribution in [1.82, 2.24) is 10.3 Å². The third-order valence-corrected chi connectivity index (χ3v) is 2.72. The van der Waals surface area contributed by atoms with Gasteiger partial charge in [0.1, 0.15) is 0 Å². The van der Waals surface area contributed by atoms with Crippen LogP contribution in [0.25, 0.3) is 0 Å². The monoisotopic (exact) mass is 276 g/mol. The molecule has 108 valence electrons. The molecule has 1 N–H and O–H groups in total. The number of rotatable bonds is 6. The molecule has 1 aromatic rings. The molecule has 0 amide bonds. The van der Waals surface area contributed by atoms with Gasteiger partial charge in [-0.3, -0.25) is 0 Å². The van der Waals surface area contributed by atoms with Gasteiger partial charge in [0.25, 0.3) is 0 Å². The minimum atomic E-state index is -4.38. The summed E-state index contributed by atoms with van der Waals surface area (Å²) in [5.74, 6) is -0.0173. The third-order valence-electron chi connectivity index (χ3n) is 2.72. The lowest BCUT2D eigenvalue weighted by atomic mass is 10.1. The van der Waals surface area contributed by atoms with Gasteiger partial charge >= 0.3 is 6.18 Å². The van der Waals surface area contributed by atoms with Gasteiger partial charge in [0.05, 0.1) is 0 Å². The molecule has 0 aliphatic rings. The molecule has 1 rings (SSSR count). The summed E-state index contributed by atoms with van der Waals surface area (Å²) in [6.45, 7) is 5.88. The predicted octanol–water partition coefficient (Wildman–Crippen LogP) is 3.47. The van der Waals surface area contributed by atoms with Crippen LogP contribution in [0.4, 0.5) is 13.2 Å². The van der Waals surface area contributed by atoms with Gasteiger partial charge in [-0.2, -0.15) is 13.2 Å². The van der Waals surface area contributed by atoms with Crippen LogP contribution >= 0.6 is 0 Å². The minimum Gasteiger partial charge on any atom is -0.465 e. The van der Waals surface area contributed by atoms with E-state index in [4.69, 9.17) is 4.74 Å². The van der Waals surface area contributed by atoms with Crippen LogP contribution in [0.5, 0.6) is 5.88 Å². The van der Waals surface area contributed by atoms with Crippen LogP contribution in [0.15, 0.2) is 18.3 Å². The molecule has 0 spiro atoms. The van der Waals surface area contributed by atoms with E-state index in [1.807, 2.05) is 6.92 Å². The molecule has 0 fully saturated rings. The molecule has 19 heavy (non-hydrogen) atoms. The van der Waals surface area contributed by atoms with Gasteiger partial charge in [-0.05, 0) is 32.4 Å². The fourth-order valence-corrected chi connectivity index (χ4v) is 1.44. The largest absolute Gasteiger partial charge is 0.465 e. The van der Waals surface area contributed by atoms with E-state index in [0.29, 0.717) is 0 Å². The lowest BCUT2D eigenvalue weighted by molar-refractivity contribution is -0.189. The van der Waals surface area contributed by atoms with E-state index in [-0.39, 0.29) is 11.9 Å². The maximum atomic E-state index is 12.3. The average molecular weight is 276 g/mol. The Hall–Kier alpha value is -1.30. The molecule has 2 unspecified atom stereocenters. The van der Waals surface area contributed by atoms with Crippen LogP contribution < -0.4 is 10.1 Å². The summed E-state index contributed by atoms with van der Waals surface area (Å²) in [4.78, 5) is 3.90. The molecule has 1 aromatic heterocycles. The molecule has 2 atom stereocenters. The van der Waals surface area contributed by atoms with E-state index in [2.05, 4.69) is 17.2 Å². The Morgan fingerprint density at radius 2 is 2.00 bits per heavy atom. The number of alkyl halides is 3. The first-order chi connectivity index (χ1) is 8.84. The van der Waals surface area contributed by atoms with Gasteiger partial charge in [0.2, 0.25) is 5.88 Å². The fraction of sp³-hybridized carbons (Fsp3) is 0.615. The number of nitrogens with zero attached hydrogens (tertiary/aromatic N) is 1. The summed E-state index contributed by atoms with van der Waals surface area (Å²) in [6.07, 6.45) is -3.69. The Kier molecular flexibility index (Phi) is 5.60. The standard InChI is InChI=1S/C13H19F3N2O/c1-4-7-17-9(2)11-5-6-12(18-8-11)19-10(3)13(14,15)16/h5-6,8-10,17H,4,7H2,1-3H3. The first-order valence-corrected chi connectivity index (χ1v) is 6.27. The van der Waals surface area contributed by atoms with E-state index in [9.17, 15) is 13.2 Å². The number of aromatic nitrogens is 1. The molecule has 0 saturated carbocycles. The maximum absolute atomic E-state index is 12.3.